The first-order chi connectivity index (χ1) is 7.36. The Balaban J connectivity index is 1.95. The predicted octanol–water partition coefficient (Wildman–Crippen LogP) is 1.34. The number of hydrogen-bond donors (Lipinski definition) is 1. The molecule has 1 aliphatic rings. The van der Waals surface area contributed by atoms with Crippen LogP contribution in [0.5, 0.6) is 0 Å². The summed E-state index contributed by atoms with van der Waals surface area (Å²) in [5, 5.41) is 3.38. The third-order valence-corrected chi connectivity index (χ3v) is 3.26. The molecule has 0 unspecified atom stereocenters. The van der Waals surface area contributed by atoms with Crippen LogP contribution >= 0.6 is 0 Å². The van der Waals surface area contributed by atoms with Crippen LogP contribution in [-0.2, 0) is 4.74 Å². The van der Waals surface area contributed by atoms with Crippen LogP contribution in [0, 0.1) is 5.92 Å². The minimum absolute atomic E-state index is 0.794. The van der Waals surface area contributed by atoms with Gasteiger partial charge in [-0.1, -0.05) is 13.8 Å². The minimum Gasteiger partial charge on any atom is -0.380 e. The Morgan fingerprint density at radius 3 is 2.47 bits per heavy atom. The molecular formula is C12H26N2O. The summed E-state index contributed by atoms with van der Waals surface area (Å²) in [7, 11) is 0. The fourth-order valence-electron chi connectivity index (χ4n) is 2.03. The standard InChI is InChI=1S/C12H26N2O/c1-3-14(4-2)9-10-15-11-12-5-7-13-8-6-12/h12-13H,3-11H2,1-2H3. The summed E-state index contributed by atoms with van der Waals surface area (Å²) in [6.45, 7) is 12.0. The lowest BCUT2D eigenvalue weighted by atomic mass is 9.99. The molecule has 0 aliphatic carbocycles. The Morgan fingerprint density at radius 1 is 1.20 bits per heavy atom. The Kier molecular flexibility index (Phi) is 6.98. The van der Waals surface area contributed by atoms with E-state index in [0.717, 1.165) is 38.8 Å². The van der Waals surface area contributed by atoms with E-state index in [1.165, 1.54) is 25.9 Å². The van der Waals surface area contributed by atoms with Gasteiger partial charge in [0.2, 0.25) is 0 Å². The van der Waals surface area contributed by atoms with E-state index >= 15 is 0 Å². The maximum atomic E-state index is 5.74. The zero-order valence-corrected chi connectivity index (χ0v) is 10.3. The Morgan fingerprint density at radius 2 is 1.87 bits per heavy atom. The van der Waals surface area contributed by atoms with Crippen molar-refractivity contribution in [1.29, 1.82) is 0 Å². The average Bonchev–Trinajstić information content (AvgIpc) is 2.31. The van der Waals surface area contributed by atoms with Gasteiger partial charge in [0.05, 0.1) is 6.61 Å². The van der Waals surface area contributed by atoms with Gasteiger partial charge < -0.3 is 15.0 Å². The third-order valence-electron chi connectivity index (χ3n) is 3.26. The van der Waals surface area contributed by atoms with Gasteiger partial charge in [-0.2, -0.15) is 0 Å². The van der Waals surface area contributed by atoms with Crippen LogP contribution in [0.2, 0.25) is 0 Å². The van der Waals surface area contributed by atoms with E-state index in [0.29, 0.717) is 0 Å². The summed E-state index contributed by atoms with van der Waals surface area (Å²) in [5.41, 5.74) is 0. The fourth-order valence-corrected chi connectivity index (χ4v) is 2.03. The van der Waals surface area contributed by atoms with Crippen molar-refractivity contribution in [2.75, 3.05) is 45.9 Å². The van der Waals surface area contributed by atoms with Crippen LogP contribution in [0.15, 0.2) is 0 Å². The molecule has 3 heteroatoms. The summed E-state index contributed by atoms with van der Waals surface area (Å²) in [5.74, 6) is 0.794. The molecule has 0 aromatic carbocycles. The topological polar surface area (TPSA) is 24.5 Å². The van der Waals surface area contributed by atoms with Crippen molar-refractivity contribution in [3.63, 3.8) is 0 Å². The second-order valence-electron chi connectivity index (χ2n) is 4.30. The van der Waals surface area contributed by atoms with E-state index in [1.54, 1.807) is 0 Å². The number of ether oxygens (including phenoxy) is 1. The highest BCUT2D eigenvalue weighted by Crippen LogP contribution is 2.11. The van der Waals surface area contributed by atoms with Gasteiger partial charge in [-0.3, -0.25) is 0 Å². The number of nitrogens with one attached hydrogen (secondary N) is 1. The van der Waals surface area contributed by atoms with Gasteiger partial charge in [-0.05, 0) is 44.9 Å². The largest absolute Gasteiger partial charge is 0.380 e. The fraction of sp³-hybridized carbons (Fsp3) is 1.00. The van der Waals surface area contributed by atoms with Gasteiger partial charge in [0.1, 0.15) is 0 Å². The van der Waals surface area contributed by atoms with Gasteiger partial charge in [0.15, 0.2) is 0 Å². The smallest absolute Gasteiger partial charge is 0.0593 e. The molecular weight excluding hydrogens is 188 g/mol. The first-order valence-corrected chi connectivity index (χ1v) is 6.37. The van der Waals surface area contributed by atoms with Crippen molar-refractivity contribution < 1.29 is 4.74 Å². The van der Waals surface area contributed by atoms with E-state index in [4.69, 9.17) is 4.74 Å². The van der Waals surface area contributed by atoms with Gasteiger partial charge in [-0.25, -0.2) is 0 Å². The lowest BCUT2D eigenvalue weighted by Gasteiger charge is -2.23. The molecule has 0 aromatic heterocycles. The highest BCUT2D eigenvalue weighted by atomic mass is 16.5. The second kappa shape index (κ2) is 8.08. The van der Waals surface area contributed by atoms with Gasteiger partial charge in [0.25, 0.3) is 0 Å². The monoisotopic (exact) mass is 214 g/mol. The van der Waals surface area contributed by atoms with E-state index in [9.17, 15) is 0 Å². The third kappa shape index (κ3) is 5.50. The molecule has 1 fully saturated rings. The summed E-state index contributed by atoms with van der Waals surface area (Å²) >= 11 is 0. The molecule has 0 aromatic rings. The molecule has 3 nitrogen and oxygen atoms in total. The van der Waals surface area contributed by atoms with Crippen LogP contribution in [0.1, 0.15) is 26.7 Å². The van der Waals surface area contributed by atoms with Crippen molar-refractivity contribution >= 4 is 0 Å². The van der Waals surface area contributed by atoms with E-state index < -0.39 is 0 Å². The number of nitrogens with zero attached hydrogens (tertiary/aromatic N) is 1. The molecule has 0 amide bonds. The van der Waals surface area contributed by atoms with Crippen LogP contribution in [0.25, 0.3) is 0 Å². The summed E-state index contributed by atoms with van der Waals surface area (Å²) in [4.78, 5) is 2.41. The first kappa shape index (κ1) is 12.9. The van der Waals surface area contributed by atoms with Gasteiger partial charge >= 0.3 is 0 Å². The summed E-state index contributed by atoms with van der Waals surface area (Å²) in [6, 6.07) is 0. The Bertz CT molecular complexity index is 143. The molecule has 0 radical (unpaired) electrons. The number of rotatable bonds is 7. The van der Waals surface area contributed by atoms with Crippen LogP contribution in [0.3, 0.4) is 0 Å². The van der Waals surface area contributed by atoms with Gasteiger partial charge in [-0.15, -0.1) is 0 Å². The van der Waals surface area contributed by atoms with Crippen molar-refractivity contribution in [1.82, 2.24) is 10.2 Å². The molecule has 1 rings (SSSR count). The van der Waals surface area contributed by atoms with Crippen molar-refractivity contribution in [3.05, 3.63) is 0 Å². The highest BCUT2D eigenvalue weighted by Gasteiger charge is 2.12. The van der Waals surface area contributed by atoms with E-state index in [2.05, 4.69) is 24.1 Å². The highest BCUT2D eigenvalue weighted by molar-refractivity contribution is 4.67. The summed E-state index contributed by atoms with van der Waals surface area (Å²) in [6.07, 6.45) is 2.57. The molecule has 1 heterocycles. The van der Waals surface area contributed by atoms with Crippen LogP contribution < -0.4 is 5.32 Å². The second-order valence-corrected chi connectivity index (χ2v) is 4.30. The Hall–Kier alpha value is -0.120. The molecule has 15 heavy (non-hydrogen) atoms. The molecule has 90 valence electrons. The number of piperidine rings is 1. The van der Waals surface area contributed by atoms with E-state index in [-0.39, 0.29) is 0 Å². The van der Waals surface area contributed by atoms with Crippen molar-refractivity contribution in [2.24, 2.45) is 5.92 Å². The van der Waals surface area contributed by atoms with Gasteiger partial charge in [0, 0.05) is 13.2 Å². The number of hydrogen-bond acceptors (Lipinski definition) is 3. The molecule has 0 bridgehead atoms. The lowest BCUT2D eigenvalue weighted by Crippen LogP contribution is -2.31. The van der Waals surface area contributed by atoms with E-state index in [1.807, 2.05) is 0 Å². The zero-order chi connectivity index (χ0) is 10.9. The minimum atomic E-state index is 0.794. The average molecular weight is 214 g/mol. The number of likely N-dealkylation sites (N-methyl/N-ethyl adjacent to an activating group) is 1. The van der Waals surface area contributed by atoms with Crippen molar-refractivity contribution in [3.8, 4) is 0 Å². The first-order valence-electron chi connectivity index (χ1n) is 6.37. The lowest BCUT2D eigenvalue weighted by molar-refractivity contribution is 0.0709. The Labute approximate surface area is 94.2 Å². The molecule has 0 spiro atoms. The predicted molar refractivity (Wildman–Crippen MR) is 64.2 cm³/mol. The molecule has 0 saturated carbocycles. The van der Waals surface area contributed by atoms with Crippen LogP contribution in [0.4, 0.5) is 0 Å². The maximum absolute atomic E-state index is 5.74. The molecule has 0 atom stereocenters. The normalized spacial score (nSPS) is 18.6. The SMILES string of the molecule is CCN(CC)CCOCC1CCNCC1. The molecule has 1 saturated heterocycles. The van der Waals surface area contributed by atoms with Crippen LogP contribution in [-0.4, -0.2) is 50.8 Å². The summed E-state index contributed by atoms with van der Waals surface area (Å²) < 4.78 is 5.74. The quantitative estimate of drug-likeness (QED) is 0.647. The zero-order valence-electron chi connectivity index (χ0n) is 10.3. The molecule has 1 N–H and O–H groups in total. The molecule has 1 aliphatic heterocycles. The maximum Gasteiger partial charge on any atom is 0.0593 e. The van der Waals surface area contributed by atoms with Crippen molar-refractivity contribution in [2.45, 2.75) is 26.7 Å².